The molecule has 0 saturated carbocycles. The molecule has 9 heteroatoms. The average molecular weight is 535 g/mol. The van der Waals surface area contributed by atoms with Gasteiger partial charge in [0.15, 0.2) is 5.01 Å². The molecule has 0 radical (unpaired) electrons. The summed E-state index contributed by atoms with van der Waals surface area (Å²) in [5.41, 5.74) is 3.01. The maximum absolute atomic E-state index is 14.3. The number of thiazole rings is 1. The van der Waals surface area contributed by atoms with Crippen LogP contribution in [-0.2, 0) is 0 Å². The molecular formula is C29H28F2N4O2S. The lowest BCUT2D eigenvalue weighted by Crippen LogP contribution is -2.39. The second-order valence-electron chi connectivity index (χ2n) is 8.83. The van der Waals surface area contributed by atoms with E-state index >= 15 is 0 Å². The summed E-state index contributed by atoms with van der Waals surface area (Å²) >= 11 is 1.30. The Morgan fingerprint density at radius 1 is 1.00 bits per heavy atom. The Bertz CT molecular complexity index is 1580. The molecule has 1 N–H and O–H groups in total. The number of carbonyl (C=O) groups excluding carboxylic acids is 1. The highest BCUT2D eigenvalue weighted by Crippen LogP contribution is 2.31. The van der Waals surface area contributed by atoms with Gasteiger partial charge in [-0.05, 0) is 80.9 Å². The van der Waals surface area contributed by atoms with Crippen LogP contribution in [0.1, 0.15) is 46.3 Å². The van der Waals surface area contributed by atoms with Crippen molar-refractivity contribution in [2.24, 2.45) is 0 Å². The summed E-state index contributed by atoms with van der Waals surface area (Å²) in [5, 5.41) is 8.56. The van der Waals surface area contributed by atoms with E-state index in [2.05, 4.69) is 15.4 Å². The van der Waals surface area contributed by atoms with Gasteiger partial charge in [-0.15, -0.1) is 11.3 Å². The Labute approximate surface area is 223 Å². The number of halogens is 2. The number of rotatable bonds is 7. The summed E-state index contributed by atoms with van der Waals surface area (Å²) in [6.45, 7) is 5.58. The predicted octanol–water partition coefficient (Wildman–Crippen LogP) is 6.95. The fraction of sp³-hybridized carbons (Fsp3) is 0.207. The topological polar surface area (TPSA) is 69.0 Å². The van der Waals surface area contributed by atoms with Crippen molar-refractivity contribution in [2.45, 2.75) is 40.3 Å². The molecule has 0 fully saturated rings. The molecule has 6 nitrogen and oxygen atoms in total. The number of ether oxygens (including phenoxy) is 1. The Morgan fingerprint density at radius 3 is 2.45 bits per heavy atom. The standard InChI is InChI=1S/C28H24F2N4O2S.CH4/c1-16-4-5-21(30)13-24(16)26(18(3)33-27(35)28-31-14-17(2)37-28)36-23-10-11-25-19(12-23)15-32-34(25)22-8-6-20(29)7-9-22;/h4-15,18,26H,1-3H3,(H,33,35);1H4/t18-,26-;/m0./s1. The number of aryl methyl sites for hydroxylation is 2. The van der Waals surface area contributed by atoms with Crippen LogP contribution in [0.4, 0.5) is 8.78 Å². The molecule has 0 aliphatic carbocycles. The Morgan fingerprint density at radius 2 is 1.74 bits per heavy atom. The van der Waals surface area contributed by atoms with Crippen molar-refractivity contribution in [3.8, 4) is 11.4 Å². The largest absolute Gasteiger partial charge is 0.484 e. The van der Waals surface area contributed by atoms with Crippen LogP contribution in [0.2, 0.25) is 0 Å². The highest BCUT2D eigenvalue weighted by molar-refractivity contribution is 7.13. The first-order valence-corrected chi connectivity index (χ1v) is 12.5. The fourth-order valence-electron chi connectivity index (χ4n) is 4.18. The number of carbonyl (C=O) groups is 1. The molecule has 2 atom stereocenters. The van der Waals surface area contributed by atoms with Crippen molar-refractivity contribution >= 4 is 28.1 Å². The summed E-state index contributed by atoms with van der Waals surface area (Å²) in [6.07, 6.45) is 2.67. The molecule has 2 heterocycles. The van der Waals surface area contributed by atoms with Crippen LogP contribution in [0.15, 0.2) is 73.1 Å². The summed E-state index contributed by atoms with van der Waals surface area (Å²) in [6, 6.07) is 15.6. The van der Waals surface area contributed by atoms with E-state index in [1.807, 2.05) is 32.9 Å². The van der Waals surface area contributed by atoms with Crippen LogP contribution >= 0.6 is 11.3 Å². The van der Waals surface area contributed by atoms with Crippen molar-refractivity contribution < 1.29 is 18.3 Å². The van der Waals surface area contributed by atoms with Crippen molar-refractivity contribution in [1.82, 2.24) is 20.1 Å². The van der Waals surface area contributed by atoms with E-state index in [1.165, 1.54) is 35.6 Å². The quantitative estimate of drug-likeness (QED) is 0.245. The molecule has 0 saturated heterocycles. The molecule has 0 aliphatic rings. The molecule has 0 aliphatic heterocycles. The number of nitrogens with one attached hydrogen (secondary N) is 1. The molecular weight excluding hydrogens is 506 g/mol. The van der Waals surface area contributed by atoms with Crippen LogP contribution < -0.4 is 10.1 Å². The SMILES string of the molecule is C.Cc1cnc(C(=O)N[C@@H](C)[C@H](Oc2ccc3c(cnn3-c3ccc(F)cc3)c2)c2cc(F)ccc2C)s1. The number of nitrogens with zero attached hydrogens (tertiary/aromatic N) is 3. The molecule has 2 aromatic heterocycles. The van der Waals surface area contributed by atoms with Crippen molar-refractivity contribution in [2.75, 3.05) is 0 Å². The van der Waals surface area contributed by atoms with Gasteiger partial charge in [-0.25, -0.2) is 18.4 Å². The minimum Gasteiger partial charge on any atom is -0.484 e. The smallest absolute Gasteiger partial charge is 0.280 e. The zero-order valence-corrected chi connectivity index (χ0v) is 21.2. The van der Waals surface area contributed by atoms with Crippen molar-refractivity contribution in [1.29, 1.82) is 0 Å². The molecule has 1 amide bonds. The molecule has 3 aromatic carbocycles. The summed E-state index contributed by atoms with van der Waals surface area (Å²) in [4.78, 5) is 17.9. The first-order valence-electron chi connectivity index (χ1n) is 11.7. The lowest BCUT2D eigenvalue weighted by molar-refractivity contribution is 0.0881. The van der Waals surface area contributed by atoms with Gasteiger partial charge in [0.1, 0.15) is 23.5 Å². The molecule has 0 spiro atoms. The minimum absolute atomic E-state index is 0. The van der Waals surface area contributed by atoms with Crippen molar-refractivity contribution in [3.05, 3.63) is 106 Å². The summed E-state index contributed by atoms with van der Waals surface area (Å²) in [5.74, 6) is -0.490. The van der Waals surface area contributed by atoms with Gasteiger partial charge in [-0.3, -0.25) is 4.79 Å². The summed E-state index contributed by atoms with van der Waals surface area (Å²) in [7, 11) is 0. The number of hydrogen-bond donors (Lipinski definition) is 1. The van der Waals surface area contributed by atoms with Gasteiger partial charge >= 0.3 is 0 Å². The fourth-order valence-corrected chi connectivity index (χ4v) is 4.84. The molecule has 0 unspecified atom stereocenters. The highest BCUT2D eigenvalue weighted by atomic mass is 32.1. The maximum atomic E-state index is 14.3. The lowest BCUT2D eigenvalue weighted by Gasteiger charge is -2.27. The predicted molar refractivity (Wildman–Crippen MR) is 146 cm³/mol. The Kier molecular flexibility index (Phi) is 7.87. The second-order valence-corrected chi connectivity index (χ2v) is 10.1. The number of aromatic nitrogens is 3. The maximum Gasteiger partial charge on any atom is 0.280 e. The number of hydrogen-bond acceptors (Lipinski definition) is 5. The zero-order valence-electron chi connectivity index (χ0n) is 20.4. The van der Waals surface area contributed by atoms with Crippen LogP contribution in [-0.4, -0.2) is 26.7 Å². The third-order valence-corrected chi connectivity index (χ3v) is 6.96. The van der Waals surface area contributed by atoms with Gasteiger partial charge in [-0.1, -0.05) is 13.5 Å². The van der Waals surface area contributed by atoms with Gasteiger partial charge in [0, 0.05) is 22.0 Å². The lowest BCUT2D eigenvalue weighted by atomic mass is 9.98. The highest BCUT2D eigenvalue weighted by Gasteiger charge is 2.26. The van der Waals surface area contributed by atoms with Gasteiger partial charge < -0.3 is 10.1 Å². The van der Waals surface area contributed by atoms with Crippen LogP contribution in [0.3, 0.4) is 0 Å². The van der Waals surface area contributed by atoms with Gasteiger partial charge in [0.05, 0.1) is 23.4 Å². The van der Waals surface area contributed by atoms with Gasteiger partial charge in [0.2, 0.25) is 0 Å². The average Bonchev–Trinajstić information content (AvgIpc) is 3.50. The normalized spacial score (nSPS) is 12.6. The molecule has 38 heavy (non-hydrogen) atoms. The number of benzene rings is 3. The van der Waals surface area contributed by atoms with Crippen LogP contribution in [0.25, 0.3) is 16.6 Å². The van der Waals surface area contributed by atoms with Crippen LogP contribution in [0.5, 0.6) is 5.75 Å². The van der Waals surface area contributed by atoms with E-state index < -0.39 is 12.1 Å². The van der Waals surface area contributed by atoms with E-state index in [-0.39, 0.29) is 25.0 Å². The zero-order chi connectivity index (χ0) is 26.1. The second kappa shape index (κ2) is 11.1. The first kappa shape index (κ1) is 26.9. The van der Waals surface area contributed by atoms with Gasteiger partial charge in [-0.2, -0.15) is 5.10 Å². The van der Waals surface area contributed by atoms with E-state index in [0.717, 1.165) is 27.0 Å². The molecule has 196 valence electrons. The molecule has 5 rings (SSSR count). The number of fused-ring (bicyclic) bond motifs is 1. The molecule has 0 bridgehead atoms. The van der Waals surface area contributed by atoms with E-state index in [0.29, 0.717) is 16.3 Å². The summed E-state index contributed by atoms with van der Waals surface area (Å²) < 4.78 is 35.7. The van der Waals surface area contributed by atoms with E-state index in [9.17, 15) is 13.6 Å². The minimum atomic E-state index is -0.676. The monoisotopic (exact) mass is 534 g/mol. The van der Waals surface area contributed by atoms with E-state index in [4.69, 9.17) is 4.74 Å². The van der Waals surface area contributed by atoms with Gasteiger partial charge in [0.25, 0.3) is 5.91 Å². The number of amides is 1. The molecule has 5 aromatic rings. The first-order chi connectivity index (χ1) is 17.8. The Balaban J connectivity index is 0.00000336. The third-order valence-electron chi connectivity index (χ3n) is 6.05. The third kappa shape index (κ3) is 5.57. The van der Waals surface area contributed by atoms with Crippen molar-refractivity contribution in [3.63, 3.8) is 0 Å². The Hall–Kier alpha value is -4.11. The van der Waals surface area contributed by atoms with E-state index in [1.54, 1.807) is 41.3 Å². The van der Waals surface area contributed by atoms with Crippen LogP contribution in [0, 0.1) is 25.5 Å².